The van der Waals surface area contributed by atoms with Gasteiger partial charge in [-0.25, -0.2) is 9.78 Å². The van der Waals surface area contributed by atoms with E-state index in [0.29, 0.717) is 13.1 Å². The summed E-state index contributed by atoms with van der Waals surface area (Å²) in [7, 11) is 0. The van der Waals surface area contributed by atoms with Gasteiger partial charge in [0.15, 0.2) is 0 Å². The maximum Gasteiger partial charge on any atom is 0.354 e. The zero-order valence-corrected chi connectivity index (χ0v) is 11.4. The van der Waals surface area contributed by atoms with Gasteiger partial charge in [0.1, 0.15) is 5.69 Å². The van der Waals surface area contributed by atoms with Gasteiger partial charge in [0.2, 0.25) is 5.91 Å². The highest BCUT2D eigenvalue weighted by molar-refractivity contribution is 5.96. The van der Waals surface area contributed by atoms with Crippen LogP contribution in [0.4, 0.5) is 0 Å². The average Bonchev–Trinajstić information content (AvgIpc) is 2.46. The highest BCUT2D eigenvalue weighted by atomic mass is 16.4. The second-order valence-electron chi connectivity index (χ2n) is 3.99. The van der Waals surface area contributed by atoms with Gasteiger partial charge in [-0.1, -0.05) is 0 Å². The van der Waals surface area contributed by atoms with Crippen molar-refractivity contribution in [1.82, 2.24) is 15.2 Å². The average molecular weight is 279 g/mol. The van der Waals surface area contributed by atoms with Crippen LogP contribution in [-0.4, -0.2) is 52.4 Å². The highest BCUT2D eigenvalue weighted by Crippen LogP contribution is 2.00. The van der Waals surface area contributed by atoms with Gasteiger partial charge in [-0.15, -0.1) is 0 Å². The van der Waals surface area contributed by atoms with Crippen LogP contribution in [0.5, 0.6) is 0 Å². The lowest BCUT2D eigenvalue weighted by molar-refractivity contribution is -0.129. The fourth-order valence-corrected chi connectivity index (χ4v) is 1.60. The van der Waals surface area contributed by atoms with Gasteiger partial charge in [-0.05, 0) is 26.0 Å². The molecule has 20 heavy (non-hydrogen) atoms. The second kappa shape index (κ2) is 7.22. The van der Waals surface area contributed by atoms with Gasteiger partial charge in [0.05, 0.1) is 12.1 Å². The Bertz CT molecular complexity index is 495. The van der Waals surface area contributed by atoms with Crippen LogP contribution in [0.15, 0.2) is 18.3 Å². The summed E-state index contributed by atoms with van der Waals surface area (Å²) in [5.41, 5.74) is 0.0723. The fraction of sp³-hybridized carbons (Fsp3) is 0.385. The first-order valence-corrected chi connectivity index (χ1v) is 6.24. The van der Waals surface area contributed by atoms with Crippen molar-refractivity contribution >= 4 is 17.8 Å². The molecule has 0 bridgehead atoms. The van der Waals surface area contributed by atoms with E-state index < -0.39 is 11.9 Å². The van der Waals surface area contributed by atoms with Crippen molar-refractivity contribution < 1.29 is 19.5 Å². The van der Waals surface area contributed by atoms with Crippen molar-refractivity contribution in [3.05, 3.63) is 29.6 Å². The molecule has 0 spiro atoms. The van der Waals surface area contributed by atoms with Crippen LogP contribution in [0.1, 0.15) is 34.7 Å². The number of amides is 2. The zero-order chi connectivity index (χ0) is 15.1. The lowest BCUT2D eigenvalue weighted by Crippen LogP contribution is -2.40. The van der Waals surface area contributed by atoms with Gasteiger partial charge < -0.3 is 15.3 Å². The van der Waals surface area contributed by atoms with E-state index in [0.717, 1.165) is 0 Å². The summed E-state index contributed by atoms with van der Waals surface area (Å²) in [4.78, 5) is 39.3. The largest absolute Gasteiger partial charge is 0.477 e. The Kier molecular flexibility index (Phi) is 5.64. The summed E-state index contributed by atoms with van der Waals surface area (Å²) in [6.45, 7) is 4.79. The summed E-state index contributed by atoms with van der Waals surface area (Å²) in [5, 5.41) is 11.2. The van der Waals surface area contributed by atoms with Crippen LogP contribution >= 0.6 is 0 Å². The number of nitrogens with zero attached hydrogens (tertiary/aromatic N) is 2. The Labute approximate surface area is 116 Å². The maximum absolute atomic E-state index is 11.8. The molecule has 1 rings (SSSR count). The minimum atomic E-state index is -1.16. The molecule has 0 aliphatic rings. The Morgan fingerprint density at radius 3 is 2.35 bits per heavy atom. The van der Waals surface area contributed by atoms with Crippen LogP contribution < -0.4 is 5.32 Å². The molecular formula is C13H17N3O4. The van der Waals surface area contributed by atoms with Gasteiger partial charge in [-0.2, -0.15) is 0 Å². The molecule has 1 aromatic rings. The van der Waals surface area contributed by atoms with E-state index in [2.05, 4.69) is 10.3 Å². The first-order valence-electron chi connectivity index (χ1n) is 6.24. The van der Waals surface area contributed by atoms with E-state index in [-0.39, 0.29) is 23.7 Å². The number of aromatic carboxylic acids is 1. The highest BCUT2D eigenvalue weighted by Gasteiger charge is 2.13. The Morgan fingerprint density at radius 2 is 1.90 bits per heavy atom. The summed E-state index contributed by atoms with van der Waals surface area (Å²) in [6, 6.07) is 2.59. The molecule has 0 saturated heterocycles. The smallest absolute Gasteiger partial charge is 0.354 e. The van der Waals surface area contributed by atoms with Crippen LogP contribution in [0.25, 0.3) is 0 Å². The molecule has 0 aliphatic carbocycles. The predicted molar refractivity (Wildman–Crippen MR) is 71.5 cm³/mol. The van der Waals surface area contributed by atoms with Crippen LogP contribution in [0.3, 0.4) is 0 Å². The molecule has 0 radical (unpaired) electrons. The number of aromatic nitrogens is 1. The van der Waals surface area contributed by atoms with Crippen molar-refractivity contribution in [3.63, 3.8) is 0 Å². The number of carbonyl (C=O) groups excluding carboxylic acids is 2. The monoisotopic (exact) mass is 279 g/mol. The minimum Gasteiger partial charge on any atom is -0.477 e. The van der Waals surface area contributed by atoms with Gasteiger partial charge in [-0.3, -0.25) is 9.59 Å². The number of nitrogens with one attached hydrogen (secondary N) is 1. The SMILES string of the molecule is CCN(CC)C(=O)CNC(=O)c1ccc(C(=O)O)nc1. The number of carboxylic acid groups (broad SMARTS) is 1. The molecule has 7 nitrogen and oxygen atoms in total. The van der Waals surface area contributed by atoms with Crippen molar-refractivity contribution in [2.75, 3.05) is 19.6 Å². The number of likely N-dealkylation sites (N-methyl/N-ethyl adjacent to an activating group) is 1. The Hall–Kier alpha value is -2.44. The number of hydrogen-bond donors (Lipinski definition) is 2. The van der Waals surface area contributed by atoms with E-state index in [4.69, 9.17) is 5.11 Å². The molecule has 0 fully saturated rings. The van der Waals surface area contributed by atoms with Gasteiger partial charge in [0.25, 0.3) is 5.91 Å². The second-order valence-corrected chi connectivity index (χ2v) is 3.99. The molecule has 0 aromatic carbocycles. The van der Waals surface area contributed by atoms with Crippen molar-refractivity contribution in [1.29, 1.82) is 0 Å². The molecule has 7 heteroatoms. The lowest BCUT2D eigenvalue weighted by atomic mass is 10.2. The first-order chi connectivity index (χ1) is 9.49. The van der Waals surface area contributed by atoms with Crippen molar-refractivity contribution in [2.24, 2.45) is 0 Å². The van der Waals surface area contributed by atoms with E-state index in [1.807, 2.05) is 13.8 Å². The molecule has 0 atom stereocenters. The minimum absolute atomic E-state index is 0.0960. The molecule has 1 heterocycles. The van der Waals surface area contributed by atoms with E-state index >= 15 is 0 Å². The lowest BCUT2D eigenvalue weighted by Gasteiger charge is -2.18. The molecule has 2 amide bonds. The maximum atomic E-state index is 11.8. The quantitative estimate of drug-likeness (QED) is 0.784. The number of carboxylic acids is 1. The summed E-state index contributed by atoms with van der Waals surface area (Å²) < 4.78 is 0. The summed E-state index contributed by atoms with van der Waals surface area (Å²) in [6.07, 6.45) is 1.17. The predicted octanol–water partition coefficient (Wildman–Crippen LogP) is 0.378. The van der Waals surface area contributed by atoms with Crippen LogP contribution in [0.2, 0.25) is 0 Å². The summed E-state index contributed by atoms with van der Waals surface area (Å²) in [5.74, 6) is -1.79. The third-order valence-electron chi connectivity index (χ3n) is 2.76. The van der Waals surface area contributed by atoms with Gasteiger partial charge >= 0.3 is 5.97 Å². The first kappa shape index (κ1) is 15.6. The molecular weight excluding hydrogens is 262 g/mol. The molecule has 2 N–H and O–H groups in total. The molecule has 0 aliphatic heterocycles. The molecule has 108 valence electrons. The zero-order valence-electron chi connectivity index (χ0n) is 11.4. The topological polar surface area (TPSA) is 99.6 Å². The Balaban J connectivity index is 2.59. The molecule has 0 unspecified atom stereocenters. The third-order valence-corrected chi connectivity index (χ3v) is 2.76. The number of carbonyl (C=O) groups is 3. The van der Waals surface area contributed by atoms with E-state index in [1.54, 1.807) is 4.90 Å². The van der Waals surface area contributed by atoms with E-state index in [9.17, 15) is 14.4 Å². The van der Waals surface area contributed by atoms with Crippen LogP contribution in [-0.2, 0) is 4.79 Å². The fourth-order valence-electron chi connectivity index (χ4n) is 1.60. The van der Waals surface area contributed by atoms with Crippen molar-refractivity contribution in [2.45, 2.75) is 13.8 Å². The number of rotatable bonds is 6. The van der Waals surface area contributed by atoms with Crippen LogP contribution in [0, 0.1) is 0 Å². The van der Waals surface area contributed by atoms with Crippen molar-refractivity contribution in [3.8, 4) is 0 Å². The van der Waals surface area contributed by atoms with Gasteiger partial charge in [0, 0.05) is 19.3 Å². The Morgan fingerprint density at radius 1 is 1.25 bits per heavy atom. The standard InChI is InChI=1S/C13H17N3O4/c1-3-16(4-2)11(17)8-15-12(18)9-5-6-10(13(19)20)14-7-9/h5-7H,3-4,8H2,1-2H3,(H,15,18)(H,19,20). The summed E-state index contributed by atoms with van der Waals surface area (Å²) >= 11 is 0. The normalized spacial score (nSPS) is 9.90. The third kappa shape index (κ3) is 4.04. The molecule has 0 saturated carbocycles. The number of hydrogen-bond acceptors (Lipinski definition) is 4. The van der Waals surface area contributed by atoms with E-state index in [1.165, 1.54) is 18.3 Å². The number of pyridine rings is 1. The molecule has 1 aromatic heterocycles.